The van der Waals surface area contributed by atoms with Crippen molar-refractivity contribution >= 4 is 6.09 Å². The van der Waals surface area contributed by atoms with E-state index < -0.39 is 5.60 Å². The predicted octanol–water partition coefficient (Wildman–Crippen LogP) is 5.78. The van der Waals surface area contributed by atoms with Gasteiger partial charge in [-0.1, -0.05) is 24.3 Å². The number of carbonyl (C=O) groups is 1. The van der Waals surface area contributed by atoms with Crippen molar-refractivity contribution in [3.63, 3.8) is 0 Å². The van der Waals surface area contributed by atoms with Crippen LogP contribution in [-0.4, -0.2) is 41.8 Å². The molecule has 0 atom stereocenters. The molecule has 192 valence electrons. The standard InChI is InChI=1S/C28H39F2N3O2/c1-28(2,3)35-27(34)32-26-15-13-25(14-16-26)31-17-4-18-33(19-21-5-9-23(29)10-6-21)20-22-7-11-24(30)12-8-22/h5-12,25-26,31H,4,13-20H2,1-3H3,(H,32,34). The van der Waals surface area contributed by atoms with Crippen molar-refractivity contribution in [2.24, 2.45) is 0 Å². The second-order valence-corrected chi connectivity index (χ2v) is 10.5. The molecule has 1 saturated carbocycles. The number of nitrogens with zero attached hydrogens (tertiary/aromatic N) is 1. The molecule has 1 amide bonds. The van der Waals surface area contributed by atoms with Crippen molar-refractivity contribution in [3.8, 4) is 0 Å². The number of ether oxygens (including phenoxy) is 1. The van der Waals surface area contributed by atoms with Crippen molar-refractivity contribution in [1.82, 2.24) is 15.5 Å². The van der Waals surface area contributed by atoms with Crippen molar-refractivity contribution in [1.29, 1.82) is 0 Å². The summed E-state index contributed by atoms with van der Waals surface area (Å²) >= 11 is 0. The van der Waals surface area contributed by atoms with E-state index in [-0.39, 0.29) is 23.8 Å². The highest BCUT2D eigenvalue weighted by Gasteiger charge is 2.24. The molecule has 35 heavy (non-hydrogen) atoms. The minimum absolute atomic E-state index is 0.171. The average molecular weight is 488 g/mol. The van der Waals surface area contributed by atoms with Gasteiger partial charge in [-0.15, -0.1) is 0 Å². The van der Waals surface area contributed by atoms with Gasteiger partial charge in [0.2, 0.25) is 0 Å². The number of carbonyl (C=O) groups excluding carboxylic acids is 1. The number of alkyl carbamates (subject to hydrolysis) is 1. The summed E-state index contributed by atoms with van der Waals surface area (Å²) in [5, 5.41) is 6.65. The predicted molar refractivity (Wildman–Crippen MR) is 135 cm³/mol. The van der Waals surface area contributed by atoms with E-state index in [0.29, 0.717) is 19.1 Å². The van der Waals surface area contributed by atoms with Gasteiger partial charge in [-0.3, -0.25) is 4.90 Å². The fraction of sp³-hybridized carbons (Fsp3) is 0.536. The van der Waals surface area contributed by atoms with E-state index in [2.05, 4.69) is 15.5 Å². The van der Waals surface area contributed by atoms with Crippen LogP contribution in [0.2, 0.25) is 0 Å². The van der Waals surface area contributed by atoms with Crippen LogP contribution in [0.1, 0.15) is 64.0 Å². The Labute approximate surface area is 208 Å². The van der Waals surface area contributed by atoms with Gasteiger partial charge in [0.15, 0.2) is 0 Å². The molecule has 0 aromatic heterocycles. The van der Waals surface area contributed by atoms with Gasteiger partial charge in [0, 0.05) is 31.7 Å². The number of hydrogen-bond donors (Lipinski definition) is 2. The summed E-state index contributed by atoms with van der Waals surface area (Å²) in [6, 6.07) is 13.8. The first kappa shape index (κ1) is 27.1. The lowest BCUT2D eigenvalue weighted by Gasteiger charge is -2.31. The number of halogens is 2. The highest BCUT2D eigenvalue weighted by molar-refractivity contribution is 5.68. The van der Waals surface area contributed by atoms with Gasteiger partial charge in [-0.2, -0.15) is 0 Å². The topological polar surface area (TPSA) is 53.6 Å². The lowest BCUT2D eigenvalue weighted by molar-refractivity contribution is 0.0489. The van der Waals surface area contributed by atoms with E-state index in [1.807, 2.05) is 45.0 Å². The van der Waals surface area contributed by atoms with Crippen LogP contribution in [0, 0.1) is 11.6 Å². The Morgan fingerprint density at radius 1 is 0.886 bits per heavy atom. The SMILES string of the molecule is CC(C)(C)OC(=O)NC1CCC(NCCCN(Cc2ccc(F)cc2)Cc2ccc(F)cc2)CC1. The first-order valence-electron chi connectivity index (χ1n) is 12.6. The van der Waals surface area contributed by atoms with Crippen molar-refractivity contribution < 1.29 is 18.3 Å². The lowest BCUT2D eigenvalue weighted by Crippen LogP contribution is -2.44. The maximum atomic E-state index is 13.3. The van der Waals surface area contributed by atoms with Crippen LogP contribution < -0.4 is 10.6 Å². The molecule has 0 unspecified atom stereocenters. The van der Waals surface area contributed by atoms with Crippen molar-refractivity contribution in [2.75, 3.05) is 13.1 Å². The van der Waals surface area contributed by atoms with Gasteiger partial charge < -0.3 is 15.4 Å². The van der Waals surface area contributed by atoms with Gasteiger partial charge in [-0.05, 0) is 94.8 Å². The maximum absolute atomic E-state index is 13.3. The Kier molecular flexibility index (Phi) is 10.0. The zero-order chi connectivity index (χ0) is 25.3. The fourth-order valence-electron chi connectivity index (χ4n) is 4.43. The molecule has 1 fully saturated rings. The third-order valence-corrected chi connectivity index (χ3v) is 6.17. The molecule has 2 aromatic carbocycles. The van der Waals surface area contributed by atoms with Crippen LogP contribution in [0.15, 0.2) is 48.5 Å². The monoisotopic (exact) mass is 487 g/mol. The maximum Gasteiger partial charge on any atom is 0.407 e. The van der Waals surface area contributed by atoms with Gasteiger partial charge >= 0.3 is 6.09 Å². The fourth-order valence-corrected chi connectivity index (χ4v) is 4.43. The number of hydrogen-bond acceptors (Lipinski definition) is 4. The number of nitrogens with one attached hydrogen (secondary N) is 2. The molecule has 0 heterocycles. The van der Waals surface area contributed by atoms with E-state index >= 15 is 0 Å². The molecule has 2 aromatic rings. The second-order valence-electron chi connectivity index (χ2n) is 10.5. The highest BCUT2D eigenvalue weighted by Crippen LogP contribution is 2.20. The second kappa shape index (κ2) is 13.0. The Bertz CT molecular complexity index is 858. The number of benzene rings is 2. The molecule has 0 saturated heterocycles. The summed E-state index contributed by atoms with van der Waals surface area (Å²) < 4.78 is 32.0. The van der Waals surface area contributed by atoms with Crippen LogP contribution in [0.25, 0.3) is 0 Å². The highest BCUT2D eigenvalue weighted by atomic mass is 19.1. The smallest absolute Gasteiger partial charge is 0.407 e. The van der Waals surface area contributed by atoms with Gasteiger partial charge in [-0.25, -0.2) is 13.6 Å². The summed E-state index contributed by atoms with van der Waals surface area (Å²) in [4.78, 5) is 14.3. The zero-order valence-electron chi connectivity index (χ0n) is 21.2. The van der Waals surface area contributed by atoms with E-state index in [1.54, 1.807) is 0 Å². The third-order valence-electron chi connectivity index (χ3n) is 6.17. The van der Waals surface area contributed by atoms with E-state index in [4.69, 9.17) is 4.74 Å². The number of rotatable bonds is 10. The quantitative estimate of drug-likeness (QED) is 0.417. The molecule has 5 nitrogen and oxygen atoms in total. The van der Waals surface area contributed by atoms with Gasteiger partial charge in [0.25, 0.3) is 0 Å². The van der Waals surface area contributed by atoms with E-state index in [9.17, 15) is 13.6 Å². The summed E-state index contributed by atoms with van der Waals surface area (Å²) in [6.45, 7) is 8.79. The molecule has 0 radical (unpaired) electrons. The van der Waals surface area contributed by atoms with E-state index in [1.165, 1.54) is 24.3 Å². The third kappa shape index (κ3) is 10.3. The molecule has 0 spiro atoms. The average Bonchev–Trinajstić information content (AvgIpc) is 2.79. The molecule has 1 aliphatic carbocycles. The van der Waals surface area contributed by atoms with Crippen molar-refractivity contribution in [3.05, 3.63) is 71.3 Å². The molecule has 0 aliphatic heterocycles. The minimum atomic E-state index is -0.482. The minimum Gasteiger partial charge on any atom is -0.444 e. The summed E-state index contributed by atoms with van der Waals surface area (Å²) in [5.41, 5.74) is 1.62. The lowest BCUT2D eigenvalue weighted by atomic mass is 9.91. The molecule has 1 aliphatic rings. The van der Waals surface area contributed by atoms with Gasteiger partial charge in [0.05, 0.1) is 0 Å². The summed E-state index contributed by atoms with van der Waals surface area (Å²) in [5.74, 6) is -0.474. The first-order chi connectivity index (χ1) is 16.7. The Morgan fingerprint density at radius 3 is 1.86 bits per heavy atom. The van der Waals surface area contributed by atoms with E-state index in [0.717, 1.165) is 56.3 Å². The Morgan fingerprint density at radius 2 is 1.37 bits per heavy atom. The zero-order valence-corrected chi connectivity index (χ0v) is 21.2. The first-order valence-corrected chi connectivity index (χ1v) is 12.6. The molecule has 0 bridgehead atoms. The van der Waals surface area contributed by atoms with Crippen LogP contribution in [0.4, 0.5) is 13.6 Å². The van der Waals surface area contributed by atoms with Crippen molar-refractivity contribution in [2.45, 2.75) is 83.6 Å². The largest absolute Gasteiger partial charge is 0.444 e. The molecule has 2 N–H and O–H groups in total. The Balaban J connectivity index is 1.41. The molecule has 3 rings (SSSR count). The molecule has 7 heteroatoms. The molecular weight excluding hydrogens is 448 g/mol. The summed E-state index contributed by atoms with van der Waals surface area (Å²) in [6.07, 6.45) is 4.57. The van der Waals surface area contributed by atoms with Crippen LogP contribution in [0.3, 0.4) is 0 Å². The van der Waals surface area contributed by atoms with Crippen LogP contribution in [0.5, 0.6) is 0 Å². The normalized spacial score (nSPS) is 18.5. The Hall–Kier alpha value is -2.51. The van der Waals surface area contributed by atoms with Crippen LogP contribution in [-0.2, 0) is 17.8 Å². The summed E-state index contributed by atoms with van der Waals surface area (Å²) in [7, 11) is 0. The number of amides is 1. The van der Waals surface area contributed by atoms with Gasteiger partial charge in [0.1, 0.15) is 17.2 Å². The van der Waals surface area contributed by atoms with Crippen LogP contribution >= 0.6 is 0 Å². The molecular formula is C28H39F2N3O2.